The van der Waals surface area contributed by atoms with Crippen molar-refractivity contribution in [1.82, 2.24) is 15.2 Å². The number of esters is 1. The number of alkyl halides is 1. The summed E-state index contributed by atoms with van der Waals surface area (Å²) >= 11 is 3.34. The molecule has 1 atom stereocenters. The van der Waals surface area contributed by atoms with Crippen LogP contribution in [0, 0.1) is 5.92 Å². The molecule has 1 amide bonds. The van der Waals surface area contributed by atoms with E-state index < -0.39 is 5.97 Å². The van der Waals surface area contributed by atoms with Crippen molar-refractivity contribution in [2.24, 2.45) is 5.92 Å². The minimum Gasteiger partial charge on any atom is -0.463 e. The van der Waals surface area contributed by atoms with Crippen molar-refractivity contribution < 1.29 is 14.3 Å². The number of halogens is 1. The molecule has 1 aromatic rings. The molecule has 0 saturated carbocycles. The largest absolute Gasteiger partial charge is 0.463 e. The number of hydrogen-bond donors (Lipinski definition) is 1. The van der Waals surface area contributed by atoms with Crippen molar-refractivity contribution in [3.63, 3.8) is 0 Å². The first-order valence-corrected chi connectivity index (χ1v) is 6.15. The topological polar surface area (TPSA) is 88.2 Å². The van der Waals surface area contributed by atoms with E-state index in [1.807, 2.05) is 0 Å². The highest BCUT2D eigenvalue weighted by molar-refractivity contribution is 9.09. The van der Waals surface area contributed by atoms with Crippen molar-refractivity contribution >= 4 is 33.8 Å². The lowest BCUT2D eigenvalue weighted by Gasteiger charge is -2.10. The van der Waals surface area contributed by atoms with Gasteiger partial charge in [-0.2, -0.15) is 4.98 Å². The molecule has 0 bridgehead atoms. The number of amides is 1. The fraction of sp³-hybridized carbons (Fsp3) is 0.556. The smallest absolute Gasteiger partial charge is 0.375 e. The quantitative estimate of drug-likeness (QED) is 0.642. The summed E-state index contributed by atoms with van der Waals surface area (Å²) in [5, 5.41) is 7.04. The molecule has 0 aliphatic carbocycles. The number of anilines is 1. The van der Waals surface area contributed by atoms with Crippen LogP contribution in [0.25, 0.3) is 0 Å². The lowest BCUT2D eigenvalue weighted by atomic mass is 10.2. The van der Waals surface area contributed by atoms with Gasteiger partial charge in [0, 0.05) is 18.3 Å². The van der Waals surface area contributed by atoms with Crippen molar-refractivity contribution in [3.05, 3.63) is 5.82 Å². The third-order valence-electron chi connectivity index (χ3n) is 2.52. The summed E-state index contributed by atoms with van der Waals surface area (Å²) in [4.78, 5) is 28.3. The number of methoxy groups -OCH3 is 1. The van der Waals surface area contributed by atoms with Crippen molar-refractivity contribution in [2.75, 3.05) is 23.9 Å². The predicted octanol–water partition coefficient (Wildman–Crippen LogP) is 0.339. The number of aromatic nitrogens is 3. The average molecular weight is 303 g/mol. The van der Waals surface area contributed by atoms with E-state index in [2.05, 4.69) is 35.8 Å². The van der Waals surface area contributed by atoms with Gasteiger partial charge in [-0.3, -0.25) is 14.8 Å². The summed E-state index contributed by atoms with van der Waals surface area (Å²) in [6.07, 6.45) is 0.466. The molecule has 1 unspecified atom stereocenters. The fourth-order valence-corrected chi connectivity index (χ4v) is 2.07. The monoisotopic (exact) mass is 302 g/mol. The van der Waals surface area contributed by atoms with E-state index in [0.717, 1.165) is 5.33 Å². The van der Waals surface area contributed by atoms with E-state index >= 15 is 0 Å². The van der Waals surface area contributed by atoms with Gasteiger partial charge in [-0.1, -0.05) is 15.9 Å². The van der Waals surface area contributed by atoms with Gasteiger partial charge in [0.15, 0.2) is 0 Å². The molecule has 1 aliphatic rings. The van der Waals surface area contributed by atoms with E-state index in [9.17, 15) is 9.59 Å². The Kier molecular flexibility index (Phi) is 3.41. The van der Waals surface area contributed by atoms with Gasteiger partial charge in [0.2, 0.25) is 11.7 Å². The second kappa shape index (κ2) is 4.82. The molecule has 8 heteroatoms. The Morgan fingerprint density at radius 3 is 3.06 bits per heavy atom. The molecule has 1 saturated heterocycles. The van der Waals surface area contributed by atoms with Gasteiger partial charge in [-0.25, -0.2) is 4.79 Å². The molecule has 2 rings (SSSR count). The van der Waals surface area contributed by atoms with Crippen LogP contribution >= 0.6 is 15.9 Å². The van der Waals surface area contributed by atoms with Crippen LogP contribution in [-0.2, 0) is 9.53 Å². The second-order valence-electron chi connectivity index (χ2n) is 3.70. The van der Waals surface area contributed by atoms with Crippen LogP contribution < -0.4 is 4.90 Å². The highest BCUT2D eigenvalue weighted by atomic mass is 79.9. The maximum Gasteiger partial charge on any atom is 0.375 e. The number of hydrogen-bond acceptors (Lipinski definition) is 5. The lowest BCUT2D eigenvalue weighted by molar-refractivity contribution is -0.117. The van der Waals surface area contributed by atoms with Crippen LogP contribution in [0.4, 0.5) is 5.95 Å². The minimum absolute atomic E-state index is 0.00223. The molecule has 1 aromatic heterocycles. The van der Waals surface area contributed by atoms with E-state index in [-0.39, 0.29) is 23.6 Å². The summed E-state index contributed by atoms with van der Waals surface area (Å²) in [5.41, 5.74) is 0. The van der Waals surface area contributed by atoms with Gasteiger partial charge in [-0.05, 0) is 5.92 Å². The van der Waals surface area contributed by atoms with Gasteiger partial charge in [-0.15, -0.1) is 5.10 Å². The van der Waals surface area contributed by atoms with Gasteiger partial charge < -0.3 is 4.74 Å². The molecule has 0 radical (unpaired) electrons. The van der Waals surface area contributed by atoms with Crippen molar-refractivity contribution in [3.8, 4) is 0 Å². The fourth-order valence-electron chi connectivity index (χ4n) is 1.64. The minimum atomic E-state index is -0.604. The molecule has 0 spiro atoms. The first kappa shape index (κ1) is 12.0. The second-order valence-corrected chi connectivity index (χ2v) is 4.35. The number of ether oxygens (including phenoxy) is 1. The number of nitrogens with one attached hydrogen (secondary N) is 1. The summed E-state index contributed by atoms with van der Waals surface area (Å²) in [6, 6.07) is 0. The third kappa shape index (κ3) is 2.31. The van der Waals surface area contributed by atoms with Gasteiger partial charge in [0.1, 0.15) is 0 Å². The maximum absolute atomic E-state index is 11.7. The first-order valence-electron chi connectivity index (χ1n) is 5.02. The zero-order valence-electron chi connectivity index (χ0n) is 9.14. The van der Waals surface area contributed by atoms with Gasteiger partial charge in [0.05, 0.1) is 7.11 Å². The standard InChI is InChI=1S/C9H11BrN4O3/c1-17-8(16)7-11-9(13-12-7)14-4-5(3-10)2-6(14)15/h5H,2-4H2,1H3,(H,11,12,13). The zero-order valence-corrected chi connectivity index (χ0v) is 10.7. The Balaban J connectivity index is 2.15. The Bertz CT molecular complexity index is 447. The maximum atomic E-state index is 11.7. The number of aromatic amines is 1. The van der Waals surface area contributed by atoms with Crippen LogP contribution in [-0.4, -0.2) is 46.0 Å². The van der Waals surface area contributed by atoms with E-state index in [0.29, 0.717) is 13.0 Å². The van der Waals surface area contributed by atoms with Crippen molar-refractivity contribution in [2.45, 2.75) is 6.42 Å². The highest BCUT2D eigenvalue weighted by Gasteiger charge is 2.32. The Morgan fingerprint density at radius 2 is 2.47 bits per heavy atom. The summed E-state index contributed by atoms with van der Waals surface area (Å²) < 4.78 is 4.50. The van der Waals surface area contributed by atoms with Gasteiger partial charge >= 0.3 is 5.97 Å². The Morgan fingerprint density at radius 1 is 1.71 bits per heavy atom. The summed E-state index contributed by atoms with van der Waals surface area (Å²) in [7, 11) is 1.26. The molecule has 17 heavy (non-hydrogen) atoms. The molecular weight excluding hydrogens is 292 g/mol. The van der Waals surface area contributed by atoms with Gasteiger partial charge in [0.25, 0.3) is 5.95 Å². The molecule has 1 fully saturated rings. The number of carbonyl (C=O) groups excluding carboxylic acids is 2. The van der Waals surface area contributed by atoms with Crippen LogP contribution in [0.5, 0.6) is 0 Å². The zero-order chi connectivity index (χ0) is 12.4. The first-order chi connectivity index (χ1) is 8.15. The molecule has 7 nitrogen and oxygen atoms in total. The number of rotatable bonds is 3. The third-order valence-corrected chi connectivity index (χ3v) is 3.43. The van der Waals surface area contributed by atoms with Crippen molar-refractivity contribution in [1.29, 1.82) is 0 Å². The average Bonchev–Trinajstić information content (AvgIpc) is 2.94. The molecule has 1 aliphatic heterocycles. The van der Waals surface area contributed by atoms with E-state index in [1.54, 1.807) is 0 Å². The summed E-state index contributed by atoms with van der Waals surface area (Å²) in [5.74, 6) is -0.170. The normalized spacial score (nSPS) is 19.8. The molecule has 1 N–H and O–H groups in total. The Hall–Kier alpha value is -1.44. The Labute approximate surface area is 106 Å². The number of H-pyrrole nitrogens is 1. The predicted molar refractivity (Wildman–Crippen MR) is 62.0 cm³/mol. The molecule has 92 valence electrons. The lowest BCUT2D eigenvalue weighted by Crippen LogP contribution is -2.26. The number of carbonyl (C=O) groups is 2. The van der Waals surface area contributed by atoms with Crippen LogP contribution in [0.15, 0.2) is 0 Å². The molecule has 2 heterocycles. The molecular formula is C9H11BrN4O3. The van der Waals surface area contributed by atoms with Crippen LogP contribution in [0.3, 0.4) is 0 Å². The van der Waals surface area contributed by atoms with E-state index in [4.69, 9.17) is 0 Å². The van der Waals surface area contributed by atoms with Crippen LogP contribution in [0.2, 0.25) is 0 Å². The molecule has 0 aromatic carbocycles. The van der Waals surface area contributed by atoms with Crippen LogP contribution in [0.1, 0.15) is 17.0 Å². The van der Waals surface area contributed by atoms with E-state index in [1.165, 1.54) is 12.0 Å². The number of nitrogens with zero attached hydrogens (tertiary/aromatic N) is 3. The summed E-state index contributed by atoms with van der Waals surface area (Å²) in [6.45, 7) is 0.558. The SMILES string of the molecule is COC(=O)c1nc(N2CC(CBr)CC2=O)n[nH]1. The highest BCUT2D eigenvalue weighted by Crippen LogP contribution is 2.23.